The molecule has 14 heavy (non-hydrogen) atoms. The number of unbranched alkanes of at least 4 members (excludes halogenated alkanes) is 2. The molecule has 0 amide bonds. The van der Waals surface area contributed by atoms with Gasteiger partial charge in [0.25, 0.3) is 0 Å². The van der Waals surface area contributed by atoms with Crippen LogP contribution in [0.25, 0.3) is 0 Å². The topological polar surface area (TPSA) is 9.23 Å². The molecule has 1 fully saturated rings. The average Bonchev–Trinajstić information content (AvgIpc) is 2.70. The average molecular weight is 219 g/mol. The van der Waals surface area contributed by atoms with Crippen molar-refractivity contribution in [2.45, 2.75) is 56.7 Å². The molecule has 0 heterocycles. The second-order valence-electron chi connectivity index (χ2n) is 4.40. The highest BCUT2D eigenvalue weighted by atomic mass is 35.5. The first-order valence-electron chi connectivity index (χ1n) is 5.97. The lowest BCUT2D eigenvalue weighted by Crippen LogP contribution is -2.10. The molecule has 1 aliphatic carbocycles. The molecule has 0 aromatic heterocycles. The van der Waals surface area contributed by atoms with Gasteiger partial charge in [0.15, 0.2) is 0 Å². The zero-order chi connectivity index (χ0) is 10.2. The second kappa shape index (κ2) is 7.53. The van der Waals surface area contributed by atoms with Crippen molar-refractivity contribution in [3.63, 3.8) is 0 Å². The van der Waals surface area contributed by atoms with Crippen LogP contribution in [-0.2, 0) is 4.74 Å². The minimum atomic E-state index is 0.444. The monoisotopic (exact) mass is 218 g/mol. The summed E-state index contributed by atoms with van der Waals surface area (Å²) in [5.74, 6) is 0.819. The summed E-state index contributed by atoms with van der Waals surface area (Å²) in [4.78, 5) is 0. The van der Waals surface area contributed by atoms with E-state index in [1.807, 2.05) is 0 Å². The highest BCUT2D eigenvalue weighted by molar-refractivity contribution is 6.20. The first-order valence-corrected chi connectivity index (χ1v) is 6.41. The van der Waals surface area contributed by atoms with Gasteiger partial charge in [0, 0.05) is 19.1 Å². The van der Waals surface area contributed by atoms with Gasteiger partial charge in [0.05, 0.1) is 0 Å². The number of halogens is 1. The van der Waals surface area contributed by atoms with Gasteiger partial charge in [0.2, 0.25) is 0 Å². The number of alkyl halides is 1. The van der Waals surface area contributed by atoms with Crippen LogP contribution in [-0.4, -0.2) is 19.1 Å². The van der Waals surface area contributed by atoms with Crippen LogP contribution in [0.5, 0.6) is 0 Å². The third-order valence-corrected chi connectivity index (χ3v) is 3.81. The Kier molecular flexibility index (Phi) is 6.63. The summed E-state index contributed by atoms with van der Waals surface area (Å²) >= 11 is 6.37. The summed E-state index contributed by atoms with van der Waals surface area (Å²) in [5.41, 5.74) is 0. The summed E-state index contributed by atoms with van der Waals surface area (Å²) < 4.78 is 5.02. The molecule has 0 aromatic rings. The summed E-state index contributed by atoms with van der Waals surface area (Å²) in [6, 6.07) is 0. The van der Waals surface area contributed by atoms with E-state index in [1.165, 1.54) is 51.4 Å². The molecule has 0 bridgehead atoms. The highest BCUT2D eigenvalue weighted by Crippen LogP contribution is 2.32. The van der Waals surface area contributed by atoms with Gasteiger partial charge in [-0.2, -0.15) is 0 Å². The lowest BCUT2D eigenvalue weighted by Gasteiger charge is -2.16. The Morgan fingerprint density at radius 2 is 1.93 bits per heavy atom. The lowest BCUT2D eigenvalue weighted by molar-refractivity contribution is 0.191. The van der Waals surface area contributed by atoms with Gasteiger partial charge in [-0.05, 0) is 31.6 Å². The number of hydrogen-bond acceptors (Lipinski definition) is 1. The van der Waals surface area contributed by atoms with Crippen molar-refractivity contribution in [3.8, 4) is 0 Å². The molecule has 1 unspecified atom stereocenters. The molecule has 1 atom stereocenters. The van der Waals surface area contributed by atoms with Crippen molar-refractivity contribution in [3.05, 3.63) is 0 Å². The van der Waals surface area contributed by atoms with Gasteiger partial charge in [-0.3, -0.25) is 0 Å². The van der Waals surface area contributed by atoms with Crippen LogP contribution in [0.1, 0.15) is 51.4 Å². The van der Waals surface area contributed by atoms with E-state index < -0.39 is 0 Å². The SMILES string of the molecule is COCCCCCC(Cl)C1CCCC1. The largest absolute Gasteiger partial charge is 0.385 e. The van der Waals surface area contributed by atoms with Crippen molar-refractivity contribution < 1.29 is 4.74 Å². The van der Waals surface area contributed by atoms with Crippen LogP contribution in [0, 0.1) is 5.92 Å². The van der Waals surface area contributed by atoms with Crippen LogP contribution in [0.2, 0.25) is 0 Å². The highest BCUT2D eigenvalue weighted by Gasteiger charge is 2.22. The molecule has 0 spiro atoms. The maximum atomic E-state index is 6.37. The molecule has 1 rings (SSSR count). The van der Waals surface area contributed by atoms with Crippen LogP contribution < -0.4 is 0 Å². The van der Waals surface area contributed by atoms with Gasteiger partial charge in [-0.25, -0.2) is 0 Å². The lowest BCUT2D eigenvalue weighted by atomic mass is 9.99. The Morgan fingerprint density at radius 3 is 2.57 bits per heavy atom. The number of ether oxygens (including phenoxy) is 1. The van der Waals surface area contributed by atoms with Crippen molar-refractivity contribution in [2.24, 2.45) is 5.92 Å². The first-order chi connectivity index (χ1) is 6.84. The standard InChI is InChI=1S/C12H23ClO/c1-14-10-6-2-3-9-12(13)11-7-4-5-8-11/h11-12H,2-10H2,1H3. The summed E-state index contributed by atoms with van der Waals surface area (Å²) in [6.07, 6.45) is 10.5. The van der Waals surface area contributed by atoms with Crippen LogP contribution in [0.15, 0.2) is 0 Å². The Balaban J connectivity index is 1.94. The summed E-state index contributed by atoms with van der Waals surface area (Å²) in [7, 11) is 1.77. The van der Waals surface area contributed by atoms with Gasteiger partial charge >= 0.3 is 0 Å². The van der Waals surface area contributed by atoms with Crippen LogP contribution >= 0.6 is 11.6 Å². The van der Waals surface area contributed by atoms with Gasteiger partial charge in [-0.1, -0.05) is 25.7 Å². The summed E-state index contributed by atoms with van der Waals surface area (Å²) in [6.45, 7) is 0.899. The molecule has 1 saturated carbocycles. The van der Waals surface area contributed by atoms with E-state index in [1.54, 1.807) is 7.11 Å². The third kappa shape index (κ3) is 4.65. The van der Waals surface area contributed by atoms with Crippen molar-refractivity contribution in [2.75, 3.05) is 13.7 Å². The van der Waals surface area contributed by atoms with E-state index in [2.05, 4.69) is 0 Å². The van der Waals surface area contributed by atoms with E-state index in [-0.39, 0.29) is 0 Å². The summed E-state index contributed by atoms with van der Waals surface area (Å²) in [5, 5.41) is 0.444. The van der Waals surface area contributed by atoms with Crippen LogP contribution in [0.3, 0.4) is 0 Å². The quantitative estimate of drug-likeness (QED) is 0.464. The minimum absolute atomic E-state index is 0.444. The minimum Gasteiger partial charge on any atom is -0.385 e. The normalized spacial score (nSPS) is 20.1. The van der Waals surface area contributed by atoms with Gasteiger partial charge < -0.3 is 4.74 Å². The van der Waals surface area contributed by atoms with Crippen LogP contribution in [0.4, 0.5) is 0 Å². The maximum absolute atomic E-state index is 6.37. The molecule has 0 N–H and O–H groups in total. The fraction of sp³-hybridized carbons (Fsp3) is 1.00. The Morgan fingerprint density at radius 1 is 1.21 bits per heavy atom. The van der Waals surface area contributed by atoms with Crippen molar-refractivity contribution >= 4 is 11.6 Å². The van der Waals surface area contributed by atoms with E-state index in [9.17, 15) is 0 Å². The fourth-order valence-corrected chi connectivity index (χ4v) is 2.72. The Hall–Kier alpha value is 0.250. The van der Waals surface area contributed by atoms with Gasteiger partial charge in [-0.15, -0.1) is 11.6 Å². The predicted molar refractivity (Wildman–Crippen MR) is 61.9 cm³/mol. The molecule has 0 aromatic carbocycles. The predicted octanol–water partition coefficient (Wildman–Crippen LogP) is 3.99. The molecule has 0 radical (unpaired) electrons. The molecule has 84 valence electrons. The third-order valence-electron chi connectivity index (χ3n) is 3.24. The Bertz CT molecular complexity index is 132. The second-order valence-corrected chi connectivity index (χ2v) is 4.96. The van der Waals surface area contributed by atoms with E-state index in [0.717, 1.165) is 12.5 Å². The number of methoxy groups -OCH3 is 1. The smallest absolute Gasteiger partial charge is 0.0462 e. The first kappa shape index (κ1) is 12.3. The van der Waals surface area contributed by atoms with Crippen molar-refractivity contribution in [1.82, 2.24) is 0 Å². The van der Waals surface area contributed by atoms with E-state index in [0.29, 0.717) is 5.38 Å². The molecular formula is C12H23ClO. The maximum Gasteiger partial charge on any atom is 0.0462 e. The molecule has 1 aliphatic rings. The molecular weight excluding hydrogens is 196 g/mol. The molecule has 1 nitrogen and oxygen atoms in total. The zero-order valence-corrected chi connectivity index (χ0v) is 10.1. The number of rotatable bonds is 7. The number of hydrogen-bond donors (Lipinski definition) is 0. The van der Waals surface area contributed by atoms with E-state index >= 15 is 0 Å². The van der Waals surface area contributed by atoms with Crippen molar-refractivity contribution in [1.29, 1.82) is 0 Å². The van der Waals surface area contributed by atoms with Gasteiger partial charge in [0.1, 0.15) is 0 Å². The zero-order valence-electron chi connectivity index (χ0n) is 9.30. The molecule has 2 heteroatoms. The Labute approximate surface area is 93.2 Å². The van der Waals surface area contributed by atoms with E-state index in [4.69, 9.17) is 16.3 Å². The molecule has 0 saturated heterocycles. The molecule has 0 aliphatic heterocycles. The fourth-order valence-electron chi connectivity index (χ4n) is 2.32.